The average Bonchev–Trinajstić information content (AvgIpc) is 2.76. The monoisotopic (exact) mass is 235 g/mol. The third-order valence-corrected chi connectivity index (χ3v) is 2.08. The number of allylic oxidation sites excluding steroid dienone is 2. The summed E-state index contributed by atoms with van der Waals surface area (Å²) < 4.78 is 0. The zero-order chi connectivity index (χ0) is 12.7. The van der Waals surface area contributed by atoms with Crippen molar-refractivity contribution < 1.29 is 9.59 Å². The van der Waals surface area contributed by atoms with Gasteiger partial charge in [0.2, 0.25) is 0 Å². The molecule has 5 heteroatoms. The van der Waals surface area contributed by atoms with Gasteiger partial charge < -0.3 is 15.6 Å². The van der Waals surface area contributed by atoms with Crippen LogP contribution < -0.4 is 10.6 Å². The van der Waals surface area contributed by atoms with Crippen LogP contribution in [-0.4, -0.2) is 29.8 Å². The number of aromatic amines is 1. The number of nitrogens with one attached hydrogen (secondary N) is 3. The lowest BCUT2D eigenvalue weighted by Gasteiger charge is -2.07. The highest BCUT2D eigenvalue weighted by Crippen LogP contribution is 1.92. The number of carbonyl (C=O) groups excluding carboxylic acids is 2. The van der Waals surface area contributed by atoms with Crippen LogP contribution in [0.2, 0.25) is 0 Å². The second-order valence-corrected chi connectivity index (χ2v) is 3.70. The quantitative estimate of drug-likeness (QED) is 0.505. The van der Waals surface area contributed by atoms with Gasteiger partial charge in [-0.15, -0.1) is 0 Å². The molecule has 0 bridgehead atoms. The Bertz CT molecular complexity index is 407. The molecule has 5 nitrogen and oxygen atoms in total. The van der Waals surface area contributed by atoms with Gasteiger partial charge in [0.15, 0.2) is 5.78 Å². The topological polar surface area (TPSA) is 74.0 Å². The molecule has 0 aliphatic rings. The lowest BCUT2D eigenvalue weighted by molar-refractivity contribution is -0.112. The Morgan fingerprint density at radius 1 is 1.29 bits per heavy atom. The molecule has 1 aromatic heterocycles. The molecular weight excluding hydrogens is 218 g/mol. The Morgan fingerprint density at radius 3 is 2.59 bits per heavy atom. The predicted octanol–water partition coefficient (Wildman–Crippen LogP) is 0.827. The van der Waals surface area contributed by atoms with Gasteiger partial charge in [-0.2, -0.15) is 0 Å². The number of hydrogen-bond donors (Lipinski definition) is 3. The first-order chi connectivity index (χ1) is 8.09. The number of ketones is 1. The Labute approximate surface area is 100 Å². The summed E-state index contributed by atoms with van der Waals surface area (Å²) >= 11 is 0. The van der Waals surface area contributed by atoms with E-state index in [-0.39, 0.29) is 11.7 Å². The molecule has 0 atom stereocenters. The van der Waals surface area contributed by atoms with Gasteiger partial charge in [-0.05, 0) is 32.1 Å². The van der Waals surface area contributed by atoms with Crippen LogP contribution >= 0.6 is 0 Å². The maximum atomic E-state index is 11.5. The van der Waals surface area contributed by atoms with Crippen LogP contribution in [0.1, 0.15) is 24.3 Å². The minimum Gasteiger partial charge on any atom is -0.387 e. The maximum Gasteiger partial charge on any atom is 0.267 e. The van der Waals surface area contributed by atoms with E-state index in [1.807, 2.05) is 6.92 Å². The van der Waals surface area contributed by atoms with Crippen molar-refractivity contribution in [3.05, 3.63) is 35.8 Å². The second-order valence-electron chi connectivity index (χ2n) is 3.70. The van der Waals surface area contributed by atoms with Gasteiger partial charge in [0.05, 0.1) is 0 Å². The molecule has 1 rings (SSSR count). The Morgan fingerprint density at radius 2 is 2.00 bits per heavy atom. The van der Waals surface area contributed by atoms with Gasteiger partial charge in [-0.1, -0.05) is 0 Å². The molecule has 92 valence electrons. The van der Waals surface area contributed by atoms with Crippen LogP contribution in [0.15, 0.2) is 30.1 Å². The molecule has 0 saturated carbocycles. The van der Waals surface area contributed by atoms with Crippen molar-refractivity contribution in [2.24, 2.45) is 0 Å². The zero-order valence-corrected chi connectivity index (χ0v) is 10.0. The molecule has 0 fully saturated rings. The summed E-state index contributed by atoms with van der Waals surface area (Å²) in [5.41, 5.74) is 1.34. The van der Waals surface area contributed by atoms with Crippen LogP contribution in [0.5, 0.6) is 0 Å². The molecule has 1 aromatic rings. The third-order valence-electron chi connectivity index (χ3n) is 2.08. The van der Waals surface area contributed by atoms with Gasteiger partial charge >= 0.3 is 0 Å². The molecule has 0 spiro atoms. The van der Waals surface area contributed by atoms with Crippen LogP contribution in [0.25, 0.3) is 0 Å². The number of rotatable bonds is 6. The summed E-state index contributed by atoms with van der Waals surface area (Å²) in [5.74, 6) is -0.129. The van der Waals surface area contributed by atoms with Crippen molar-refractivity contribution >= 4 is 11.7 Å². The summed E-state index contributed by atoms with van der Waals surface area (Å²) in [6.07, 6.45) is 3.22. The first kappa shape index (κ1) is 13.0. The first-order valence-electron chi connectivity index (χ1n) is 5.44. The maximum absolute atomic E-state index is 11.5. The Hall–Kier alpha value is -2.04. The van der Waals surface area contributed by atoms with Crippen molar-refractivity contribution in [1.29, 1.82) is 0 Å². The Kier molecular flexibility index (Phi) is 5.00. The van der Waals surface area contributed by atoms with Crippen molar-refractivity contribution in [2.75, 3.05) is 13.1 Å². The van der Waals surface area contributed by atoms with Gasteiger partial charge in [0.25, 0.3) is 5.91 Å². The molecule has 0 radical (unpaired) electrons. The lowest BCUT2D eigenvalue weighted by atomic mass is 10.3. The van der Waals surface area contributed by atoms with Crippen molar-refractivity contribution in [1.82, 2.24) is 15.6 Å². The summed E-state index contributed by atoms with van der Waals surface area (Å²) in [7, 11) is 0. The first-order valence-corrected chi connectivity index (χ1v) is 5.44. The van der Waals surface area contributed by atoms with E-state index >= 15 is 0 Å². The van der Waals surface area contributed by atoms with E-state index in [1.54, 1.807) is 18.3 Å². The minimum atomic E-state index is -0.134. The molecular formula is C12H17N3O2. The largest absolute Gasteiger partial charge is 0.387 e. The lowest BCUT2D eigenvalue weighted by Crippen LogP contribution is -2.31. The molecule has 1 amide bonds. The van der Waals surface area contributed by atoms with Crippen molar-refractivity contribution in [3.63, 3.8) is 0 Å². The third kappa shape index (κ3) is 5.01. The van der Waals surface area contributed by atoms with Gasteiger partial charge in [0, 0.05) is 25.0 Å². The molecule has 0 unspecified atom stereocenters. The number of H-pyrrole nitrogens is 1. The smallest absolute Gasteiger partial charge is 0.267 e. The fourth-order valence-electron chi connectivity index (χ4n) is 1.36. The van der Waals surface area contributed by atoms with Gasteiger partial charge in [0.1, 0.15) is 5.69 Å². The molecule has 0 aliphatic carbocycles. The standard InChI is InChI=1S/C12H17N3O2/c1-9(8-10(2)16)13-6-7-15-12(17)11-4-3-5-14-11/h3-5,8,13-14H,6-7H2,1-2H3,(H,15,17). The van der Waals surface area contributed by atoms with Crippen molar-refractivity contribution in [2.45, 2.75) is 13.8 Å². The highest BCUT2D eigenvalue weighted by Gasteiger charge is 2.03. The second kappa shape index (κ2) is 6.52. The summed E-state index contributed by atoms with van der Waals surface area (Å²) in [6.45, 7) is 4.40. The number of amides is 1. The highest BCUT2D eigenvalue weighted by molar-refractivity contribution is 5.92. The van der Waals surface area contributed by atoms with Crippen molar-refractivity contribution in [3.8, 4) is 0 Å². The average molecular weight is 235 g/mol. The zero-order valence-electron chi connectivity index (χ0n) is 10.0. The predicted molar refractivity (Wildman–Crippen MR) is 65.6 cm³/mol. The van der Waals surface area contributed by atoms with E-state index in [9.17, 15) is 9.59 Å². The fraction of sp³-hybridized carbons (Fsp3) is 0.333. The van der Waals surface area contributed by atoms with Gasteiger partial charge in [-0.3, -0.25) is 9.59 Å². The molecule has 0 saturated heterocycles. The fourth-order valence-corrected chi connectivity index (χ4v) is 1.36. The number of aromatic nitrogens is 1. The number of carbonyl (C=O) groups is 2. The van der Waals surface area contributed by atoms with Crippen LogP contribution in [0, 0.1) is 0 Å². The van der Waals surface area contributed by atoms with Crippen LogP contribution in [0.3, 0.4) is 0 Å². The normalized spacial score (nSPS) is 11.1. The van der Waals surface area contributed by atoms with E-state index in [1.165, 1.54) is 13.0 Å². The molecule has 17 heavy (non-hydrogen) atoms. The van der Waals surface area contributed by atoms with Crippen LogP contribution in [0.4, 0.5) is 0 Å². The summed E-state index contributed by atoms with van der Waals surface area (Å²) in [4.78, 5) is 25.1. The van der Waals surface area contributed by atoms with E-state index in [0.29, 0.717) is 18.8 Å². The SMILES string of the molecule is CC(=O)C=C(C)NCCNC(=O)c1ccc[nH]1. The Balaban J connectivity index is 2.21. The van der Waals surface area contributed by atoms with E-state index < -0.39 is 0 Å². The van der Waals surface area contributed by atoms with E-state index in [0.717, 1.165) is 5.70 Å². The van der Waals surface area contributed by atoms with Gasteiger partial charge in [-0.25, -0.2) is 0 Å². The molecule has 0 aliphatic heterocycles. The number of hydrogen-bond acceptors (Lipinski definition) is 3. The van der Waals surface area contributed by atoms with Crippen LogP contribution in [-0.2, 0) is 4.79 Å². The van der Waals surface area contributed by atoms with E-state index in [2.05, 4.69) is 15.6 Å². The highest BCUT2D eigenvalue weighted by atomic mass is 16.1. The summed E-state index contributed by atoms with van der Waals surface area (Å²) in [6, 6.07) is 3.48. The van der Waals surface area contributed by atoms with E-state index in [4.69, 9.17) is 0 Å². The molecule has 1 heterocycles. The molecule has 0 aromatic carbocycles. The molecule has 3 N–H and O–H groups in total. The summed E-state index contributed by atoms with van der Waals surface area (Å²) in [5, 5.41) is 5.78. The minimum absolute atomic E-state index is 0.00502.